The fourth-order valence-electron chi connectivity index (χ4n) is 3.11. The zero-order valence-corrected chi connectivity index (χ0v) is 16.5. The van der Waals surface area contributed by atoms with Crippen LogP contribution in [0.25, 0.3) is 0 Å². The molecule has 7 nitrogen and oxygen atoms in total. The number of pyridine rings is 1. The molecule has 2 heterocycles. The lowest BCUT2D eigenvalue weighted by molar-refractivity contribution is -0.123. The number of carbonyl (C=O) groups excluding carboxylic acids is 1. The Morgan fingerprint density at radius 3 is 2.65 bits per heavy atom. The third kappa shape index (κ3) is 6.29. The number of piperazine rings is 1. The number of rotatable bonds is 6. The molecule has 0 spiro atoms. The van der Waals surface area contributed by atoms with Crippen molar-refractivity contribution in [2.45, 2.75) is 33.2 Å². The van der Waals surface area contributed by atoms with Crippen LogP contribution in [0.15, 0.2) is 23.5 Å². The van der Waals surface area contributed by atoms with Gasteiger partial charge in [-0.25, -0.2) is 0 Å². The molecule has 0 aliphatic carbocycles. The fraction of sp³-hybridized carbons (Fsp3) is 0.632. The number of hydrogen-bond acceptors (Lipinski definition) is 4. The normalized spacial score (nSPS) is 16.0. The maximum atomic E-state index is 11.9. The van der Waals surface area contributed by atoms with E-state index in [1.54, 1.807) is 0 Å². The molecule has 2 rings (SSSR count). The molecule has 0 unspecified atom stereocenters. The number of amides is 1. The molecule has 144 valence electrons. The molecule has 26 heavy (non-hydrogen) atoms. The second-order valence-electron chi connectivity index (χ2n) is 7.01. The number of aromatic nitrogens is 1. The highest BCUT2D eigenvalue weighted by molar-refractivity contribution is 5.80. The molecule has 1 amide bonds. The van der Waals surface area contributed by atoms with Gasteiger partial charge >= 0.3 is 0 Å². The Labute approximate surface area is 156 Å². The van der Waals surface area contributed by atoms with Crippen LogP contribution in [0, 0.1) is 6.92 Å². The number of aliphatic imine (C=N–C) groups is 1. The van der Waals surface area contributed by atoms with E-state index in [4.69, 9.17) is 0 Å². The number of aryl methyl sites for hydroxylation is 1. The first kappa shape index (κ1) is 20.2. The Morgan fingerprint density at radius 1 is 1.31 bits per heavy atom. The van der Waals surface area contributed by atoms with Crippen molar-refractivity contribution in [1.29, 1.82) is 0 Å². The van der Waals surface area contributed by atoms with Crippen molar-refractivity contribution < 1.29 is 4.79 Å². The zero-order valence-electron chi connectivity index (χ0n) is 16.5. The van der Waals surface area contributed by atoms with Crippen LogP contribution < -0.4 is 10.6 Å². The van der Waals surface area contributed by atoms with Gasteiger partial charge in [0.05, 0.1) is 6.54 Å². The Balaban J connectivity index is 1.74. The lowest BCUT2D eigenvalue weighted by atomic mass is 10.1. The summed E-state index contributed by atoms with van der Waals surface area (Å²) in [5, 5.41) is 6.40. The van der Waals surface area contributed by atoms with Crippen molar-refractivity contribution in [1.82, 2.24) is 25.4 Å². The van der Waals surface area contributed by atoms with E-state index in [0.717, 1.165) is 45.1 Å². The molecule has 0 aromatic carbocycles. The lowest BCUT2D eigenvalue weighted by Gasteiger charge is -2.36. The van der Waals surface area contributed by atoms with Gasteiger partial charge in [0.25, 0.3) is 0 Å². The third-order valence-electron chi connectivity index (χ3n) is 4.51. The van der Waals surface area contributed by atoms with E-state index in [-0.39, 0.29) is 11.9 Å². The highest BCUT2D eigenvalue weighted by atomic mass is 16.2. The molecule has 1 aliphatic rings. The summed E-state index contributed by atoms with van der Waals surface area (Å²) >= 11 is 0. The molecule has 0 bridgehead atoms. The summed E-state index contributed by atoms with van der Waals surface area (Å²) in [5.41, 5.74) is 2.53. The average molecular weight is 361 g/mol. The van der Waals surface area contributed by atoms with E-state index in [1.165, 1.54) is 11.1 Å². The van der Waals surface area contributed by atoms with E-state index in [2.05, 4.69) is 43.4 Å². The van der Waals surface area contributed by atoms with Crippen LogP contribution in [0.1, 0.15) is 25.0 Å². The van der Waals surface area contributed by atoms with Gasteiger partial charge in [0.1, 0.15) is 0 Å². The number of nitrogens with one attached hydrogen (secondary N) is 2. The van der Waals surface area contributed by atoms with Gasteiger partial charge in [-0.1, -0.05) is 0 Å². The molecule has 0 saturated carbocycles. The highest BCUT2D eigenvalue weighted by Crippen LogP contribution is 2.06. The van der Waals surface area contributed by atoms with E-state index in [1.807, 2.05) is 33.3 Å². The highest BCUT2D eigenvalue weighted by Gasteiger charge is 2.21. The second kappa shape index (κ2) is 10.1. The predicted octanol–water partition coefficient (Wildman–Crippen LogP) is 0.650. The molecule has 1 aromatic heterocycles. The zero-order chi connectivity index (χ0) is 18.9. The second-order valence-corrected chi connectivity index (χ2v) is 7.01. The largest absolute Gasteiger partial charge is 0.356 e. The van der Waals surface area contributed by atoms with Crippen LogP contribution in [0.4, 0.5) is 0 Å². The molecular weight excluding hydrogens is 328 g/mol. The van der Waals surface area contributed by atoms with Crippen molar-refractivity contribution in [3.63, 3.8) is 0 Å². The quantitative estimate of drug-likeness (QED) is 0.576. The van der Waals surface area contributed by atoms with Gasteiger partial charge in [0.2, 0.25) is 5.91 Å². The van der Waals surface area contributed by atoms with Crippen molar-refractivity contribution in [3.8, 4) is 0 Å². The van der Waals surface area contributed by atoms with Crippen LogP contribution in [0.3, 0.4) is 0 Å². The third-order valence-corrected chi connectivity index (χ3v) is 4.51. The maximum Gasteiger partial charge on any atom is 0.234 e. The summed E-state index contributed by atoms with van der Waals surface area (Å²) in [6.45, 7) is 10.9. The molecule has 1 saturated heterocycles. The van der Waals surface area contributed by atoms with Crippen molar-refractivity contribution in [3.05, 3.63) is 29.6 Å². The van der Waals surface area contributed by atoms with Crippen LogP contribution in [0.2, 0.25) is 0 Å². The molecule has 7 heteroatoms. The van der Waals surface area contributed by atoms with Crippen molar-refractivity contribution in [2.75, 3.05) is 46.3 Å². The number of carbonyl (C=O) groups is 1. The van der Waals surface area contributed by atoms with E-state index in [0.29, 0.717) is 6.54 Å². The molecule has 0 radical (unpaired) electrons. The summed E-state index contributed by atoms with van der Waals surface area (Å²) in [5.74, 6) is 1.03. The molecule has 1 aliphatic heterocycles. The predicted molar refractivity (Wildman–Crippen MR) is 105 cm³/mol. The van der Waals surface area contributed by atoms with E-state index >= 15 is 0 Å². The molecule has 0 atom stereocenters. The van der Waals surface area contributed by atoms with E-state index in [9.17, 15) is 4.79 Å². The Kier molecular flexibility index (Phi) is 7.84. The first-order valence-corrected chi connectivity index (χ1v) is 9.36. The first-order valence-electron chi connectivity index (χ1n) is 9.36. The Bertz CT molecular complexity index is 608. The van der Waals surface area contributed by atoms with Crippen molar-refractivity contribution in [2.24, 2.45) is 4.99 Å². The van der Waals surface area contributed by atoms with Crippen LogP contribution in [-0.4, -0.2) is 79.0 Å². The fourth-order valence-corrected chi connectivity index (χ4v) is 3.11. The Hall–Kier alpha value is -2.15. The monoisotopic (exact) mass is 360 g/mol. The van der Waals surface area contributed by atoms with Crippen LogP contribution in [-0.2, 0) is 11.2 Å². The average Bonchev–Trinajstić information content (AvgIpc) is 2.60. The minimum atomic E-state index is 0.101. The van der Waals surface area contributed by atoms with Gasteiger partial charge in [0, 0.05) is 58.2 Å². The summed E-state index contributed by atoms with van der Waals surface area (Å²) in [4.78, 5) is 24.9. The number of nitrogens with zero attached hydrogens (tertiary/aromatic N) is 4. The van der Waals surface area contributed by atoms with Crippen LogP contribution in [0.5, 0.6) is 0 Å². The van der Waals surface area contributed by atoms with Gasteiger partial charge in [-0.2, -0.15) is 0 Å². The standard InChI is InChI=1S/C19H32N6O/c1-15(2)23-18(26)14-24-9-11-25(12-10-24)19(20-4)22-8-6-17-5-7-21-13-16(17)3/h5,7,13,15H,6,8-12,14H2,1-4H3,(H,20,22)(H,23,26). The van der Waals surface area contributed by atoms with E-state index < -0.39 is 0 Å². The number of hydrogen-bond donors (Lipinski definition) is 2. The smallest absolute Gasteiger partial charge is 0.234 e. The van der Waals surface area contributed by atoms with Gasteiger partial charge in [-0.15, -0.1) is 0 Å². The minimum absolute atomic E-state index is 0.101. The Morgan fingerprint density at radius 2 is 2.04 bits per heavy atom. The van der Waals surface area contributed by atoms with Crippen LogP contribution >= 0.6 is 0 Å². The summed E-state index contributed by atoms with van der Waals surface area (Å²) in [6.07, 6.45) is 4.69. The van der Waals surface area contributed by atoms with Gasteiger partial charge < -0.3 is 15.5 Å². The minimum Gasteiger partial charge on any atom is -0.356 e. The maximum absolute atomic E-state index is 11.9. The molecular formula is C19H32N6O. The lowest BCUT2D eigenvalue weighted by Crippen LogP contribution is -2.54. The summed E-state index contributed by atoms with van der Waals surface area (Å²) < 4.78 is 0. The molecule has 1 fully saturated rings. The first-order chi connectivity index (χ1) is 12.5. The van der Waals surface area contributed by atoms with Gasteiger partial charge in [-0.05, 0) is 44.4 Å². The summed E-state index contributed by atoms with van der Waals surface area (Å²) in [7, 11) is 1.82. The van der Waals surface area contributed by atoms with Gasteiger partial charge in [0.15, 0.2) is 5.96 Å². The topological polar surface area (TPSA) is 72.9 Å². The molecule has 2 N–H and O–H groups in total. The summed E-state index contributed by atoms with van der Waals surface area (Å²) in [6, 6.07) is 2.26. The van der Waals surface area contributed by atoms with Gasteiger partial charge in [-0.3, -0.25) is 19.7 Å². The molecule has 1 aromatic rings. The number of guanidine groups is 1. The van der Waals surface area contributed by atoms with Crippen molar-refractivity contribution >= 4 is 11.9 Å². The SMILES string of the molecule is CN=C(NCCc1ccncc1C)N1CCN(CC(=O)NC(C)C)CC1.